The van der Waals surface area contributed by atoms with E-state index < -0.39 is 0 Å². The minimum atomic E-state index is 1.26. The summed E-state index contributed by atoms with van der Waals surface area (Å²) in [6.45, 7) is 2.31. The van der Waals surface area contributed by atoms with Crippen LogP contribution in [0.3, 0.4) is 0 Å². The van der Waals surface area contributed by atoms with Crippen LogP contribution in [0.1, 0.15) is 289 Å². The molecule has 0 fully saturated rings. The molecule has 0 heteroatoms. The Balaban J connectivity index is 1.60. The Hall–Kier alpha value is -0.780. The molecular formula is C51H96. The Kier molecular flexibility index (Phi) is 41.3. The summed E-state index contributed by atoms with van der Waals surface area (Å²) in [5.41, 5.74) is 1.51. The van der Waals surface area contributed by atoms with Crippen molar-refractivity contribution in [1.82, 2.24) is 0 Å². The lowest BCUT2D eigenvalue weighted by Gasteiger charge is -2.05. The van der Waals surface area contributed by atoms with Crippen LogP contribution in [0.15, 0.2) is 30.3 Å². The molecule has 1 rings (SSSR count). The van der Waals surface area contributed by atoms with E-state index in [1.807, 2.05) is 0 Å². The first-order valence-electron chi connectivity index (χ1n) is 24.5. The molecule has 0 nitrogen and oxygen atoms in total. The maximum atomic E-state index is 2.31. The molecular weight excluding hydrogens is 613 g/mol. The van der Waals surface area contributed by atoms with Gasteiger partial charge in [0.25, 0.3) is 0 Å². The van der Waals surface area contributed by atoms with Crippen LogP contribution in [0.4, 0.5) is 0 Å². The molecule has 0 bridgehead atoms. The van der Waals surface area contributed by atoms with Crippen LogP contribution in [0.2, 0.25) is 0 Å². The molecule has 51 heavy (non-hydrogen) atoms. The zero-order chi connectivity index (χ0) is 36.2. The van der Waals surface area contributed by atoms with Crippen molar-refractivity contribution in [3.63, 3.8) is 0 Å². The van der Waals surface area contributed by atoms with Gasteiger partial charge >= 0.3 is 0 Å². The van der Waals surface area contributed by atoms with Gasteiger partial charge in [0.1, 0.15) is 0 Å². The van der Waals surface area contributed by atoms with Gasteiger partial charge in [0.15, 0.2) is 0 Å². The Morgan fingerprint density at radius 3 is 0.588 bits per heavy atom. The summed E-state index contributed by atoms with van der Waals surface area (Å²) in [6, 6.07) is 11.0. The second kappa shape index (κ2) is 43.6. The standard InChI is InChI=1S/C51H96/c1-2-3-4-5-6-7-8-9-10-11-12-13-14-15-16-17-18-19-20-21-22-23-24-25-26-27-28-29-30-31-32-33-34-35-36-37-38-39-40-41-42-43-45-48-51-49-46-44-47-50-51/h44,46-47,49-50H,2-43,45,48H2,1H3. The van der Waals surface area contributed by atoms with E-state index in [9.17, 15) is 0 Å². The molecule has 0 aromatic heterocycles. The highest BCUT2D eigenvalue weighted by atomic mass is 14.1. The zero-order valence-corrected chi connectivity index (χ0v) is 35.5. The monoisotopic (exact) mass is 709 g/mol. The lowest BCUT2D eigenvalue weighted by atomic mass is 10.0. The highest BCUT2D eigenvalue weighted by Gasteiger charge is 1.99. The molecule has 0 aliphatic rings. The Bertz CT molecular complexity index is 721. The van der Waals surface area contributed by atoms with Gasteiger partial charge in [-0.15, -0.1) is 0 Å². The van der Waals surface area contributed by atoms with Crippen LogP contribution in [0.5, 0.6) is 0 Å². The molecule has 0 saturated carbocycles. The summed E-state index contributed by atoms with van der Waals surface area (Å²) in [7, 11) is 0. The fourth-order valence-electron chi connectivity index (χ4n) is 8.29. The maximum Gasteiger partial charge on any atom is -0.0279 e. The molecule has 0 atom stereocenters. The van der Waals surface area contributed by atoms with Crippen molar-refractivity contribution in [3.05, 3.63) is 35.9 Å². The van der Waals surface area contributed by atoms with Crippen LogP contribution in [0.25, 0.3) is 0 Å². The first kappa shape index (κ1) is 48.2. The number of unbranched alkanes of at least 4 members (excludes halogenated alkanes) is 42. The third-order valence-corrected chi connectivity index (χ3v) is 11.9. The first-order chi connectivity index (χ1) is 25.4. The van der Waals surface area contributed by atoms with Gasteiger partial charge in [0, 0.05) is 0 Å². The van der Waals surface area contributed by atoms with Crippen molar-refractivity contribution in [2.24, 2.45) is 0 Å². The number of aryl methyl sites for hydroxylation is 1. The molecule has 0 heterocycles. The van der Waals surface area contributed by atoms with Gasteiger partial charge in [0.2, 0.25) is 0 Å². The van der Waals surface area contributed by atoms with Crippen molar-refractivity contribution >= 4 is 0 Å². The van der Waals surface area contributed by atoms with Crippen molar-refractivity contribution < 1.29 is 0 Å². The fraction of sp³-hybridized carbons (Fsp3) is 0.882. The number of rotatable bonds is 44. The molecule has 0 aliphatic heterocycles. The van der Waals surface area contributed by atoms with Crippen LogP contribution < -0.4 is 0 Å². The molecule has 0 spiro atoms. The van der Waals surface area contributed by atoms with E-state index in [0.29, 0.717) is 0 Å². The smallest absolute Gasteiger partial charge is 0.0279 e. The highest BCUT2D eigenvalue weighted by Crippen LogP contribution is 2.18. The molecule has 0 N–H and O–H groups in total. The van der Waals surface area contributed by atoms with E-state index in [1.54, 1.807) is 0 Å². The second-order valence-corrected chi connectivity index (χ2v) is 17.1. The molecule has 0 saturated heterocycles. The van der Waals surface area contributed by atoms with Crippen LogP contribution in [-0.4, -0.2) is 0 Å². The average Bonchev–Trinajstić information content (AvgIpc) is 3.15. The Labute approximate surface area is 324 Å². The van der Waals surface area contributed by atoms with Gasteiger partial charge in [-0.1, -0.05) is 307 Å². The third-order valence-electron chi connectivity index (χ3n) is 11.9. The number of benzene rings is 1. The largest absolute Gasteiger partial charge is 0.0654 e. The normalized spacial score (nSPS) is 11.5. The van der Waals surface area contributed by atoms with Crippen LogP contribution in [-0.2, 0) is 6.42 Å². The molecule has 0 radical (unpaired) electrons. The number of hydrogen-bond acceptors (Lipinski definition) is 0. The van der Waals surface area contributed by atoms with Gasteiger partial charge in [-0.05, 0) is 18.4 Å². The van der Waals surface area contributed by atoms with E-state index in [-0.39, 0.29) is 0 Å². The predicted octanol–water partition coefficient (Wildman–Crippen LogP) is 19.0. The first-order valence-corrected chi connectivity index (χ1v) is 24.5. The third kappa shape index (κ3) is 40.2. The van der Waals surface area contributed by atoms with Gasteiger partial charge in [-0.25, -0.2) is 0 Å². The Morgan fingerprint density at radius 2 is 0.392 bits per heavy atom. The minimum absolute atomic E-state index is 1.26. The van der Waals surface area contributed by atoms with Crippen LogP contribution >= 0.6 is 0 Å². The summed E-state index contributed by atoms with van der Waals surface area (Å²) < 4.78 is 0. The van der Waals surface area contributed by atoms with Crippen molar-refractivity contribution in [2.45, 2.75) is 289 Å². The second-order valence-electron chi connectivity index (χ2n) is 17.1. The lowest BCUT2D eigenvalue weighted by Crippen LogP contribution is -1.86. The molecule has 1 aromatic rings. The minimum Gasteiger partial charge on any atom is -0.0654 e. The lowest BCUT2D eigenvalue weighted by molar-refractivity contribution is 0.509. The van der Waals surface area contributed by atoms with Crippen LogP contribution in [0, 0.1) is 0 Å². The highest BCUT2D eigenvalue weighted by molar-refractivity contribution is 5.14. The van der Waals surface area contributed by atoms with E-state index >= 15 is 0 Å². The van der Waals surface area contributed by atoms with Gasteiger partial charge < -0.3 is 0 Å². The summed E-state index contributed by atoms with van der Waals surface area (Å²) >= 11 is 0. The van der Waals surface area contributed by atoms with E-state index in [0.717, 1.165) is 0 Å². The predicted molar refractivity (Wildman–Crippen MR) is 234 cm³/mol. The molecule has 1 aromatic carbocycles. The summed E-state index contributed by atoms with van der Waals surface area (Å²) in [6.07, 6.45) is 64.8. The molecule has 0 aliphatic carbocycles. The average molecular weight is 709 g/mol. The summed E-state index contributed by atoms with van der Waals surface area (Å²) in [5.74, 6) is 0. The van der Waals surface area contributed by atoms with Gasteiger partial charge in [-0.2, -0.15) is 0 Å². The number of hydrogen-bond donors (Lipinski definition) is 0. The zero-order valence-electron chi connectivity index (χ0n) is 35.5. The van der Waals surface area contributed by atoms with Gasteiger partial charge in [0.05, 0.1) is 0 Å². The quantitative estimate of drug-likeness (QED) is 0.0592. The topological polar surface area (TPSA) is 0 Å². The van der Waals surface area contributed by atoms with Crippen molar-refractivity contribution in [2.75, 3.05) is 0 Å². The molecule has 0 unspecified atom stereocenters. The SMILES string of the molecule is CCCCCCCCCCCCCCCCCCCCCCCCCCCCCCCCCCCCCCCCCCCCCc1ccccc1. The van der Waals surface area contributed by atoms with Crippen molar-refractivity contribution in [3.8, 4) is 0 Å². The van der Waals surface area contributed by atoms with Gasteiger partial charge in [-0.3, -0.25) is 0 Å². The fourth-order valence-corrected chi connectivity index (χ4v) is 8.29. The van der Waals surface area contributed by atoms with E-state index in [2.05, 4.69) is 37.3 Å². The summed E-state index contributed by atoms with van der Waals surface area (Å²) in [4.78, 5) is 0. The molecule has 300 valence electrons. The maximum absolute atomic E-state index is 2.31. The summed E-state index contributed by atoms with van der Waals surface area (Å²) in [5, 5.41) is 0. The van der Waals surface area contributed by atoms with Crippen molar-refractivity contribution in [1.29, 1.82) is 0 Å². The molecule has 0 amide bonds. The van der Waals surface area contributed by atoms with E-state index in [1.165, 1.54) is 288 Å². The van der Waals surface area contributed by atoms with E-state index in [4.69, 9.17) is 0 Å². The Morgan fingerprint density at radius 1 is 0.216 bits per heavy atom.